The van der Waals surface area contributed by atoms with Gasteiger partial charge in [-0.3, -0.25) is 0 Å². The van der Waals surface area contributed by atoms with Crippen LogP contribution in [0.3, 0.4) is 0 Å². The van der Waals surface area contributed by atoms with Crippen molar-refractivity contribution in [2.24, 2.45) is 0 Å². The summed E-state index contributed by atoms with van der Waals surface area (Å²) in [5, 5.41) is 6.50. The van der Waals surface area contributed by atoms with Crippen molar-refractivity contribution in [3.8, 4) is 0 Å². The predicted molar refractivity (Wildman–Crippen MR) is 35.7 cm³/mol. The maximum absolute atomic E-state index is 11.6. The zero-order valence-electron chi connectivity index (χ0n) is 6.75. The first kappa shape index (κ1) is 17.1. The Bertz CT molecular complexity index is 311. The Balaban J connectivity index is 0. The summed E-state index contributed by atoms with van der Waals surface area (Å²) in [7, 11) is -5.21. The van der Waals surface area contributed by atoms with Crippen LogP contribution in [-0.2, 0) is 10.1 Å². The number of rotatable bonds is 2. The van der Waals surface area contributed by atoms with E-state index in [1.807, 2.05) is 0 Å². The first-order valence-corrected chi connectivity index (χ1v) is 4.47. The van der Waals surface area contributed by atoms with Crippen LogP contribution in [0.2, 0.25) is 0 Å². The van der Waals surface area contributed by atoms with Gasteiger partial charge in [0.05, 0.1) is 0 Å². The molecule has 1 atom stereocenters. The third-order valence-electron chi connectivity index (χ3n) is 0.855. The molecule has 0 aliphatic rings. The van der Waals surface area contributed by atoms with Gasteiger partial charge in [0.15, 0.2) is 5.44 Å². The third kappa shape index (κ3) is 6.23. The molecule has 4 nitrogen and oxygen atoms in total. The molecule has 0 saturated heterocycles. The fraction of sp³-hybridized carbons (Fsp3) is 0.500. The van der Waals surface area contributed by atoms with Crippen molar-refractivity contribution in [2.75, 3.05) is 0 Å². The van der Waals surface area contributed by atoms with Gasteiger partial charge in [-0.1, -0.05) is 11.6 Å². The van der Waals surface area contributed by atoms with E-state index < -0.39 is 26.8 Å². The molecule has 1 N–H and O–H groups in total. The van der Waals surface area contributed by atoms with E-state index in [4.69, 9.17) is 5.11 Å². The van der Waals surface area contributed by atoms with Crippen LogP contribution in [0, 0.1) is 0 Å². The Morgan fingerprint density at radius 1 is 1.50 bits per heavy atom. The number of aliphatic hydroxyl groups is 1. The molecule has 0 bridgehead atoms. The molecule has 0 rings (SSSR count). The average Bonchev–Trinajstić information content (AvgIpc) is 1.82. The van der Waals surface area contributed by atoms with Gasteiger partial charge < -0.3 is 9.66 Å². The minimum atomic E-state index is -5.21. The average molecular weight is 263 g/mol. The van der Waals surface area contributed by atoms with Gasteiger partial charge >= 0.3 is 35.7 Å². The summed E-state index contributed by atoms with van der Waals surface area (Å²) in [5.41, 5.74) is -2.79. The van der Waals surface area contributed by atoms with Gasteiger partial charge in [-0.25, -0.2) is 8.42 Å². The Morgan fingerprint density at radius 3 is 2.07 bits per heavy atom. The Morgan fingerprint density at radius 2 is 1.86 bits per heavy atom. The van der Waals surface area contributed by atoms with Crippen LogP contribution in [0.1, 0.15) is 0 Å². The van der Waals surface area contributed by atoms with Crippen LogP contribution in [0.25, 0.3) is 0 Å². The fourth-order valence-corrected chi connectivity index (χ4v) is 0.800. The number of aliphatic hydroxyl groups excluding tert-OH is 1. The van der Waals surface area contributed by atoms with E-state index in [0.717, 1.165) is 0 Å². The Labute approximate surface area is 105 Å². The first-order valence-electron chi connectivity index (χ1n) is 2.62. The fourth-order valence-electron chi connectivity index (χ4n) is 0.303. The van der Waals surface area contributed by atoms with Crippen LogP contribution in [0.5, 0.6) is 0 Å². The summed E-state index contributed by atoms with van der Waals surface area (Å²) in [4.78, 5) is 0. The summed E-state index contributed by atoms with van der Waals surface area (Å²) >= 11 is 4.53. The molecule has 0 amide bonds. The van der Waals surface area contributed by atoms with E-state index >= 15 is 0 Å². The Hall–Kier alpha value is 0.690. The second-order valence-corrected chi connectivity index (χ2v) is 3.77. The van der Waals surface area contributed by atoms with E-state index in [9.17, 15) is 26.1 Å². The van der Waals surface area contributed by atoms with E-state index in [1.165, 1.54) is 0 Å². The molecule has 1 unspecified atom stereocenters. The van der Waals surface area contributed by atoms with Gasteiger partial charge in [-0.2, -0.15) is 13.2 Å². The van der Waals surface area contributed by atoms with E-state index in [1.54, 1.807) is 0 Å². The van der Waals surface area contributed by atoms with Crippen LogP contribution >= 0.6 is 11.6 Å². The van der Waals surface area contributed by atoms with Crippen molar-refractivity contribution in [1.82, 2.24) is 0 Å². The Kier molecular flexibility index (Phi) is 6.94. The molecule has 0 spiro atoms. The standard InChI is InChI=1S/C4H4ClF3O4S.Na/c5-2(4(6,7)8)1-3(9)13(10,11)12;/h1,3,9H,(H,10,11,12);/q;+1/p-1. The molecule has 0 aromatic carbocycles. The minimum absolute atomic E-state index is 0. The van der Waals surface area contributed by atoms with Gasteiger partial charge in [0.1, 0.15) is 15.2 Å². The molecule has 0 aromatic heterocycles. The number of alkyl halides is 3. The summed E-state index contributed by atoms with van der Waals surface area (Å²) in [6.45, 7) is 0. The van der Waals surface area contributed by atoms with Crippen LogP contribution in [0.15, 0.2) is 11.1 Å². The summed E-state index contributed by atoms with van der Waals surface area (Å²) in [6.07, 6.45) is -5.27. The smallest absolute Gasteiger partial charge is 0.746 e. The first-order chi connectivity index (χ1) is 5.55. The number of hydrogen-bond acceptors (Lipinski definition) is 4. The van der Waals surface area contributed by atoms with Gasteiger partial charge in [-0.05, 0) is 6.08 Å². The van der Waals surface area contributed by atoms with Crippen molar-refractivity contribution in [1.29, 1.82) is 0 Å². The largest absolute Gasteiger partial charge is 1.00 e. The van der Waals surface area contributed by atoms with Gasteiger partial charge in [-0.15, -0.1) is 0 Å². The second kappa shape index (κ2) is 5.69. The third-order valence-corrected chi connectivity index (χ3v) is 1.92. The molecule has 0 saturated carbocycles. The zero-order chi connectivity index (χ0) is 10.9. The maximum Gasteiger partial charge on any atom is 1.00 e. The summed E-state index contributed by atoms with van der Waals surface area (Å²) in [6, 6.07) is 0. The van der Waals surface area contributed by atoms with Crippen LogP contribution in [-0.4, -0.2) is 29.7 Å². The van der Waals surface area contributed by atoms with E-state index in [0.29, 0.717) is 0 Å². The number of allylic oxidation sites excluding steroid dienone is 1. The molecular weight excluding hydrogens is 260 g/mol. The van der Waals surface area contributed by atoms with Crippen LogP contribution in [0.4, 0.5) is 13.2 Å². The van der Waals surface area contributed by atoms with Gasteiger partial charge in [0.25, 0.3) is 0 Å². The summed E-state index contributed by atoms with van der Waals surface area (Å²) in [5.74, 6) is 0. The predicted octanol–water partition coefficient (Wildman–Crippen LogP) is -2.46. The summed E-state index contributed by atoms with van der Waals surface area (Å²) < 4.78 is 64.5. The van der Waals surface area contributed by atoms with Crippen molar-refractivity contribution < 1.29 is 60.8 Å². The maximum atomic E-state index is 11.6. The van der Waals surface area contributed by atoms with Crippen molar-refractivity contribution in [2.45, 2.75) is 11.6 Å². The molecule has 0 aliphatic heterocycles. The topological polar surface area (TPSA) is 77.4 Å². The van der Waals surface area contributed by atoms with E-state index in [-0.39, 0.29) is 35.6 Å². The molecule has 10 heteroatoms. The van der Waals surface area contributed by atoms with Crippen molar-refractivity contribution in [3.05, 3.63) is 11.1 Å². The van der Waals surface area contributed by atoms with Gasteiger partial charge in [0, 0.05) is 0 Å². The minimum Gasteiger partial charge on any atom is -0.746 e. The SMILES string of the molecule is O=S(=O)([O-])C(O)C=C(Cl)C(F)(F)F.[Na+]. The van der Waals surface area contributed by atoms with Crippen LogP contribution < -0.4 is 29.6 Å². The second-order valence-electron chi connectivity index (χ2n) is 1.90. The molecule has 0 aromatic rings. The van der Waals surface area contributed by atoms with Crippen molar-refractivity contribution in [3.63, 3.8) is 0 Å². The van der Waals surface area contributed by atoms with Gasteiger partial charge in [0.2, 0.25) is 0 Å². The molecule has 0 aliphatic carbocycles. The number of halogens is 4. The zero-order valence-corrected chi connectivity index (χ0v) is 10.3. The van der Waals surface area contributed by atoms with Crippen molar-refractivity contribution >= 4 is 21.7 Å². The molecule has 78 valence electrons. The van der Waals surface area contributed by atoms with E-state index in [2.05, 4.69) is 11.6 Å². The quantitative estimate of drug-likeness (QED) is 0.442. The number of hydrogen-bond donors (Lipinski definition) is 1. The molecular formula is C4H3ClF3NaO4S. The normalized spacial score (nSPS) is 16.0. The molecule has 0 fully saturated rings. The molecule has 0 radical (unpaired) electrons. The molecule has 14 heavy (non-hydrogen) atoms. The molecule has 0 heterocycles. The monoisotopic (exact) mass is 262 g/mol.